The Morgan fingerprint density at radius 1 is 1.00 bits per heavy atom. The Balaban J connectivity index is 1.75. The Morgan fingerprint density at radius 3 is 2.58 bits per heavy atom. The number of benzene rings is 3. The second-order valence-electron chi connectivity index (χ2n) is 7.43. The Kier molecular flexibility index (Phi) is 3.76. The lowest BCUT2D eigenvalue weighted by molar-refractivity contribution is -0.123. The number of hydrogen-bond acceptors (Lipinski definition) is 3. The van der Waals surface area contributed by atoms with Crippen LogP contribution in [-0.2, 0) is 4.79 Å². The van der Waals surface area contributed by atoms with Crippen LogP contribution < -0.4 is 5.32 Å². The van der Waals surface area contributed by atoms with E-state index in [1.54, 1.807) is 0 Å². The molecule has 0 fully saturated rings. The van der Waals surface area contributed by atoms with E-state index in [9.17, 15) is 4.79 Å². The maximum absolute atomic E-state index is 12.2. The fraction of sp³-hybridized carbons (Fsp3) is 0.182. The lowest BCUT2D eigenvalue weighted by Crippen LogP contribution is -2.27. The van der Waals surface area contributed by atoms with Gasteiger partial charge < -0.3 is 9.73 Å². The topological polar surface area (TPSA) is 55.1 Å². The SMILES string of the molecule is CC(C)(C)C(=O)Nc1ccc2oc(-c3cccc4ccccc34)nc2c1. The number of aromatic nitrogens is 1. The molecule has 0 aliphatic heterocycles. The fourth-order valence-electron chi connectivity index (χ4n) is 2.85. The van der Waals surface area contributed by atoms with E-state index >= 15 is 0 Å². The Labute approximate surface area is 151 Å². The summed E-state index contributed by atoms with van der Waals surface area (Å²) in [5.74, 6) is 0.547. The zero-order chi connectivity index (χ0) is 18.3. The third-order valence-electron chi connectivity index (χ3n) is 4.35. The maximum atomic E-state index is 12.2. The Morgan fingerprint density at radius 2 is 1.77 bits per heavy atom. The van der Waals surface area contributed by atoms with E-state index < -0.39 is 5.41 Å². The van der Waals surface area contributed by atoms with Gasteiger partial charge in [-0.15, -0.1) is 0 Å². The van der Waals surface area contributed by atoms with E-state index in [0.29, 0.717) is 11.5 Å². The second kappa shape index (κ2) is 5.99. The molecule has 0 saturated carbocycles. The highest BCUT2D eigenvalue weighted by molar-refractivity contribution is 5.97. The van der Waals surface area contributed by atoms with Crippen LogP contribution in [0, 0.1) is 5.41 Å². The molecule has 0 unspecified atom stereocenters. The van der Waals surface area contributed by atoms with Gasteiger partial charge in [-0.3, -0.25) is 4.79 Å². The van der Waals surface area contributed by atoms with Crippen molar-refractivity contribution in [3.05, 3.63) is 60.7 Å². The highest BCUT2D eigenvalue weighted by atomic mass is 16.3. The van der Waals surface area contributed by atoms with Gasteiger partial charge in [-0.2, -0.15) is 0 Å². The molecule has 3 aromatic carbocycles. The summed E-state index contributed by atoms with van der Waals surface area (Å²) in [6.07, 6.45) is 0. The zero-order valence-electron chi connectivity index (χ0n) is 15.0. The van der Waals surface area contributed by atoms with Gasteiger partial charge in [0.25, 0.3) is 0 Å². The molecular weight excluding hydrogens is 324 g/mol. The molecule has 0 aliphatic carbocycles. The smallest absolute Gasteiger partial charge is 0.229 e. The average Bonchev–Trinajstić information content (AvgIpc) is 3.03. The Hall–Kier alpha value is -3.14. The first-order valence-electron chi connectivity index (χ1n) is 8.62. The van der Waals surface area contributed by atoms with Gasteiger partial charge in [0.05, 0.1) is 0 Å². The molecule has 4 heteroatoms. The minimum absolute atomic E-state index is 0.0328. The highest BCUT2D eigenvalue weighted by Crippen LogP contribution is 2.31. The van der Waals surface area contributed by atoms with Crippen molar-refractivity contribution in [3.8, 4) is 11.5 Å². The molecule has 1 heterocycles. The van der Waals surface area contributed by atoms with Crippen molar-refractivity contribution in [1.29, 1.82) is 0 Å². The lowest BCUT2D eigenvalue weighted by atomic mass is 9.95. The number of oxazole rings is 1. The van der Waals surface area contributed by atoms with Gasteiger partial charge in [-0.05, 0) is 35.0 Å². The standard InChI is InChI=1S/C22H20N2O2/c1-22(2,3)21(25)23-15-11-12-19-18(13-15)24-20(26-19)17-10-6-8-14-7-4-5-9-16(14)17/h4-13H,1-3H3,(H,23,25). The molecular formula is C22H20N2O2. The highest BCUT2D eigenvalue weighted by Gasteiger charge is 2.21. The van der Waals surface area contributed by atoms with Crippen molar-refractivity contribution in [3.63, 3.8) is 0 Å². The van der Waals surface area contributed by atoms with Crippen molar-refractivity contribution in [2.24, 2.45) is 5.41 Å². The number of carbonyl (C=O) groups excluding carboxylic acids is 1. The van der Waals surface area contributed by atoms with Crippen LogP contribution in [0.25, 0.3) is 33.3 Å². The largest absolute Gasteiger partial charge is 0.436 e. The summed E-state index contributed by atoms with van der Waals surface area (Å²) in [7, 11) is 0. The summed E-state index contributed by atoms with van der Waals surface area (Å²) in [5, 5.41) is 5.18. The normalized spacial score (nSPS) is 11.8. The number of amides is 1. The summed E-state index contributed by atoms with van der Waals surface area (Å²) >= 11 is 0. The van der Waals surface area contributed by atoms with Crippen molar-refractivity contribution in [2.75, 3.05) is 5.32 Å². The van der Waals surface area contributed by atoms with Crippen LogP contribution in [0.2, 0.25) is 0 Å². The van der Waals surface area contributed by atoms with Gasteiger partial charge >= 0.3 is 0 Å². The molecule has 26 heavy (non-hydrogen) atoms. The van der Waals surface area contributed by atoms with Crippen molar-refractivity contribution < 1.29 is 9.21 Å². The van der Waals surface area contributed by atoms with E-state index in [0.717, 1.165) is 27.5 Å². The van der Waals surface area contributed by atoms with E-state index in [1.165, 1.54) is 0 Å². The number of hydrogen-bond donors (Lipinski definition) is 1. The molecule has 1 N–H and O–H groups in total. The average molecular weight is 344 g/mol. The molecule has 0 bridgehead atoms. The number of nitrogens with one attached hydrogen (secondary N) is 1. The van der Waals surface area contributed by atoms with Gasteiger partial charge in [0.2, 0.25) is 11.8 Å². The van der Waals surface area contributed by atoms with Crippen molar-refractivity contribution >= 4 is 33.5 Å². The first-order chi connectivity index (χ1) is 12.4. The van der Waals surface area contributed by atoms with Crippen LogP contribution in [0.1, 0.15) is 20.8 Å². The third kappa shape index (κ3) is 2.94. The maximum Gasteiger partial charge on any atom is 0.229 e. The predicted octanol–water partition coefficient (Wildman–Crippen LogP) is 5.63. The molecule has 0 spiro atoms. The molecule has 0 saturated heterocycles. The van der Waals surface area contributed by atoms with Crippen LogP contribution in [0.15, 0.2) is 65.1 Å². The van der Waals surface area contributed by atoms with Crippen molar-refractivity contribution in [2.45, 2.75) is 20.8 Å². The van der Waals surface area contributed by atoms with Crippen molar-refractivity contribution in [1.82, 2.24) is 4.98 Å². The minimum atomic E-state index is -0.451. The van der Waals surface area contributed by atoms with E-state index in [2.05, 4.69) is 28.5 Å². The van der Waals surface area contributed by atoms with Crippen LogP contribution in [0.3, 0.4) is 0 Å². The molecule has 0 radical (unpaired) electrons. The van der Waals surface area contributed by atoms with Gasteiger partial charge in [0.1, 0.15) is 5.52 Å². The first-order valence-corrected chi connectivity index (χ1v) is 8.62. The first kappa shape index (κ1) is 16.3. The molecule has 1 amide bonds. The molecule has 4 aromatic rings. The number of rotatable bonds is 2. The second-order valence-corrected chi connectivity index (χ2v) is 7.43. The number of fused-ring (bicyclic) bond motifs is 2. The van der Waals surface area contributed by atoms with Gasteiger partial charge in [0.15, 0.2) is 5.58 Å². The molecule has 4 nitrogen and oxygen atoms in total. The number of anilines is 1. The zero-order valence-corrected chi connectivity index (χ0v) is 15.0. The molecule has 130 valence electrons. The van der Waals surface area contributed by atoms with E-state index in [-0.39, 0.29) is 5.91 Å². The molecule has 0 aliphatic rings. The number of carbonyl (C=O) groups is 1. The lowest BCUT2D eigenvalue weighted by Gasteiger charge is -2.17. The molecule has 4 rings (SSSR count). The fourth-order valence-corrected chi connectivity index (χ4v) is 2.85. The monoisotopic (exact) mass is 344 g/mol. The summed E-state index contributed by atoms with van der Waals surface area (Å²) < 4.78 is 5.97. The molecule has 1 aromatic heterocycles. The molecule has 0 atom stereocenters. The van der Waals surface area contributed by atoms with E-state index in [4.69, 9.17) is 4.42 Å². The van der Waals surface area contributed by atoms with Gasteiger partial charge in [-0.1, -0.05) is 57.2 Å². The van der Waals surface area contributed by atoms with E-state index in [1.807, 2.05) is 63.2 Å². The predicted molar refractivity (Wildman–Crippen MR) is 105 cm³/mol. The summed E-state index contributed by atoms with van der Waals surface area (Å²) in [5.41, 5.74) is 2.64. The summed E-state index contributed by atoms with van der Waals surface area (Å²) in [6, 6.07) is 19.8. The number of nitrogens with zero attached hydrogens (tertiary/aromatic N) is 1. The van der Waals surface area contributed by atoms with Gasteiger partial charge in [-0.25, -0.2) is 4.98 Å². The summed E-state index contributed by atoms with van der Waals surface area (Å²) in [4.78, 5) is 16.8. The van der Waals surface area contributed by atoms with Crippen LogP contribution in [-0.4, -0.2) is 10.9 Å². The van der Waals surface area contributed by atoms with Crippen LogP contribution >= 0.6 is 0 Å². The third-order valence-corrected chi connectivity index (χ3v) is 4.35. The minimum Gasteiger partial charge on any atom is -0.436 e. The summed E-state index contributed by atoms with van der Waals surface area (Å²) in [6.45, 7) is 5.65. The Bertz CT molecular complexity index is 1110. The van der Waals surface area contributed by atoms with Crippen LogP contribution in [0.5, 0.6) is 0 Å². The van der Waals surface area contributed by atoms with Crippen LogP contribution in [0.4, 0.5) is 5.69 Å². The van der Waals surface area contributed by atoms with Gasteiger partial charge in [0, 0.05) is 16.7 Å². The quantitative estimate of drug-likeness (QED) is 0.512.